The second-order valence-corrected chi connectivity index (χ2v) is 5.20. The highest BCUT2D eigenvalue weighted by atomic mass is 15.1. The zero-order valence-electron chi connectivity index (χ0n) is 13.4. The standard InChI is InChI=1S/C18H24N4/c1-3-21(4-2)13-11-20-15-17-9-7-12-22(17)18-10-6-5-8-16(18)14-19/h5-10,12,20H,3-4,11,13,15H2,1-2H3. The van der Waals surface area contributed by atoms with Gasteiger partial charge in [0.2, 0.25) is 0 Å². The lowest BCUT2D eigenvalue weighted by Crippen LogP contribution is -2.31. The van der Waals surface area contributed by atoms with Crippen LogP contribution in [-0.2, 0) is 6.54 Å². The Morgan fingerprint density at radius 2 is 1.91 bits per heavy atom. The topological polar surface area (TPSA) is 44.0 Å². The molecule has 1 aromatic carbocycles. The summed E-state index contributed by atoms with van der Waals surface area (Å²) in [6, 6.07) is 14.1. The van der Waals surface area contributed by atoms with Crippen LogP contribution in [-0.4, -0.2) is 35.6 Å². The minimum Gasteiger partial charge on any atom is -0.318 e. The fraction of sp³-hybridized carbons (Fsp3) is 0.389. The lowest BCUT2D eigenvalue weighted by molar-refractivity contribution is 0.302. The van der Waals surface area contributed by atoms with Crippen LogP contribution >= 0.6 is 0 Å². The summed E-state index contributed by atoms with van der Waals surface area (Å²) in [4.78, 5) is 2.40. The molecule has 0 saturated carbocycles. The molecule has 1 aromatic heterocycles. The molecule has 0 atom stereocenters. The molecule has 0 saturated heterocycles. The minimum absolute atomic E-state index is 0.697. The van der Waals surface area contributed by atoms with E-state index in [0.717, 1.165) is 38.4 Å². The van der Waals surface area contributed by atoms with Gasteiger partial charge in [-0.05, 0) is 37.4 Å². The molecule has 0 aliphatic rings. The summed E-state index contributed by atoms with van der Waals surface area (Å²) in [6.07, 6.45) is 2.01. The van der Waals surface area contributed by atoms with Gasteiger partial charge in [-0.2, -0.15) is 5.26 Å². The summed E-state index contributed by atoms with van der Waals surface area (Å²) < 4.78 is 2.09. The number of hydrogen-bond acceptors (Lipinski definition) is 3. The van der Waals surface area contributed by atoms with Crippen LogP contribution in [0.4, 0.5) is 0 Å². The second kappa shape index (κ2) is 8.38. The number of hydrogen-bond donors (Lipinski definition) is 1. The highest BCUT2D eigenvalue weighted by Crippen LogP contribution is 2.16. The van der Waals surface area contributed by atoms with Crippen LogP contribution in [0.5, 0.6) is 0 Å². The molecule has 0 unspecified atom stereocenters. The van der Waals surface area contributed by atoms with Gasteiger partial charge in [0.15, 0.2) is 0 Å². The SMILES string of the molecule is CCN(CC)CCNCc1cccn1-c1ccccc1C#N. The number of nitrogens with one attached hydrogen (secondary N) is 1. The Hall–Kier alpha value is -2.09. The van der Waals surface area contributed by atoms with Gasteiger partial charge in [-0.15, -0.1) is 0 Å². The molecule has 0 fully saturated rings. The molecule has 2 aromatic rings. The van der Waals surface area contributed by atoms with Crippen molar-refractivity contribution in [3.8, 4) is 11.8 Å². The van der Waals surface area contributed by atoms with Gasteiger partial charge in [0.1, 0.15) is 6.07 Å². The van der Waals surface area contributed by atoms with Gasteiger partial charge >= 0.3 is 0 Å². The van der Waals surface area contributed by atoms with Crippen molar-refractivity contribution in [2.75, 3.05) is 26.2 Å². The van der Waals surface area contributed by atoms with E-state index in [1.54, 1.807) is 0 Å². The van der Waals surface area contributed by atoms with E-state index in [1.165, 1.54) is 5.69 Å². The molecular weight excluding hydrogens is 272 g/mol. The van der Waals surface area contributed by atoms with Crippen LogP contribution in [0.25, 0.3) is 5.69 Å². The Morgan fingerprint density at radius 3 is 2.64 bits per heavy atom. The summed E-state index contributed by atoms with van der Waals surface area (Å²) in [6.45, 7) is 9.37. The van der Waals surface area contributed by atoms with E-state index in [4.69, 9.17) is 0 Å². The van der Waals surface area contributed by atoms with E-state index in [2.05, 4.69) is 40.8 Å². The van der Waals surface area contributed by atoms with E-state index in [1.807, 2.05) is 36.5 Å². The van der Waals surface area contributed by atoms with Crippen molar-refractivity contribution in [3.05, 3.63) is 53.9 Å². The highest BCUT2D eigenvalue weighted by molar-refractivity contribution is 5.49. The predicted octanol–water partition coefficient (Wildman–Crippen LogP) is 2.78. The van der Waals surface area contributed by atoms with E-state index in [0.29, 0.717) is 5.56 Å². The summed E-state index contributed by atoms with van der Waals surface area (Å²) >= 11 is 0. The first-order valence-electron chi connectivity index (χ1n) is 7.89. The van der Waals surface area contributed by atoms with Crippen LogP contribution in [0.3, 0.4) is 0 Å². The molecule has 0 bridgehead atoms. The number of benzene rings is 1. The number of aromatic nitrogens is 1. The fourth-order valence-corrected chi connectivity index (χ4v) is 2.57. The normalized spacial score (nSPS) is 10.8. The number of nitriles is 1. The second-order valence-electron chi connectivity index (χ2n) is 5.20. The van der Waals surface area contributed by atoms with Crippen molar-refractivity contribution in [3.63, 3.8) is 0 Å². The van der Waals surface area contributed by atoms with Crippen molar-refractivity contribution in [1.29, 1.82) is 5.26 Å². The quantitative estimate of drug-likeness (QED) is 0.762. The highest BCUT2D eigenvalue weighted by Gasteiger charge is 2.07. The van der Waals surface area contributed by atoms with E-state index >= 15 is 0 Å². The number of para-hydroxylation sites is 1. The minimum atomic E-state index is 0.697. The molecular formula is C18H24N4. The van der Waals surface area contributed by atoms with Gasteiger partial charge in [-0.1, -0.05) is 26.0 Å². The van der Waals surface area contributed by atoms with Crippen LogP contribution in [0, 0.1) is 11.3 Å². The summed E-state index contributed by atoms with van der Waals surface area (Å²) in [5, 5.41) is 12.7. The lowest BCUT2D eigenvalue weighted by atomic mass is 10.2. The summed E-state index contributed by atoms with van der Waals surface area (Å²) in [5.41, 5.74) is 2.81. The molecule has 0 spiro atoms. The Labute approximate surface area is 133 Å². The maximum Gasteiger partial charge on any atom is 0.101 e. The molecule has 116 valence electrons. The Morgan fingerprint density at radius 1 is 1.14 bits per heavy atom. The first-order chi connectivity index (χ1) is 10.8. The zero-order chi connectivity index (χ0) is 15.8. The summed E-state index contributed by atoms with van der Waals surface area (Å²) in [5.74, 6) is 0. The molecule has 2 rings (SSSR count). The van der Waals surface area contributed by atoms with Crippen LogP contribution < -0.4 is 5.32 Å². The van der Waals surface area contributed by atoms with Crippen molar-refractivity contribution in [2.24, 2.45) is 0 Å². The lowest BCUT2D eigenvalue weighted by Gasteiger charge is -2.18. The van der Waals surface area contributed by atoms with Crippen molar-refractivity contribution in [1.82, 2.24) is 14.8 Å². The Balaban J connectivity index is 2.00. The third kappa shape index (κ3) is 3.97. The average molecular weight is 296 g/mol. The first-order valence-corrected chi connectivity index (χ1v) is 7.89. The molecule has 0 radical (unpaired) electrons. The van der Waals surface area contributed by atoms with Crippen molar-refractivity contribution >= 4 is 0 Å². The first kappa shape index (κ1) is 16.3. The fourth-order valence-electron chi connectivity index (χ4n) is 2.57. The van der Waals surface area contributed by atoms with Crippen LogP contribution in [0.1, 0.15) is 25.1 Å². The molecule has 0 amide bonds. The van der Waals surface area contributed by atoms with E-state index in [-0.39, 0.29) is 0 Å². The Bertz CT molecular complexity index is 620. The maximum absolute atomic E-state index is 9.25. The van der Waals surface area contributed by atoms with Gasteiger partial charge in [-0.25, -0.2) is 0 Å². The maximum atomic E-state index is 9.25. The zero-order valence-corrected chi connectivity index (χ0v) is 13.4. The van der Waals surface area contributed by atoms with Gasteiger partial charge < -0.3 is 14.8 Å². The van der Waals surface area contributed by atoms with E-state index < -0.39 is 0 Å². The molecule has 1 N–H and O–H groups in total. The monoisotopic (exact) mass is 296 g/mol. The van der Waals surface area contributed by atoms with Gasteiger partial charge in [0.25, 0.3) is 0 Å². The third-order valence-corrected chi connectivity index (χ3v) is 3.92. The molecule has 22 heavy (non-hydrogen) atoms. The van der Waals surface area contributed by atoms with Crippen molar-refractivity contribution in [2.45, 2.75) is 20.4 Å². The number of nitrogens with zero attached hydrogens (tertiary/aromatic N) is 3. The molecule has 1 heterocycles. The molecule has 4 nitrogen and oxygen atoms in total. The van der Waals surface area contributed by atoms with E-state index in [9.17, 15) is 5.26 Å². The van der Waals surface area contributed by atoms with Crippen LogP contribution in [0.2, 0.25) is 0 Å². The third-order valence-electron chi connectivity index (χ3n) is 3.92. The number of rotatable bonds is 8. The summed E-state index contributed by atoms with van der Waals surface area (Å²) in [7, 11) is 0. The van der Waals surface area contributed by atoms with Gasteiger partial charge in [0.05, 0.1) is 11.3 Å². The van der Waals surface area contributed by atoms with Gasteiger partial charge in [-0.3, -0.25) is 0 Å². The smallest absolute Gasteiger partial charge is 0.101 e. The van der Waals surface area contributed by atoms with Crippen molar-refractivity contribution < 1.29 is 0 Å². The Kier molecular flexibility index (Phi) is 6.20. The molecule has 4 heteroatoms. The van der Waals surface area contributed by atoms with Gasteiger partial charge in [0, 0.05) is 31.5 Å². The van der Waals surface area contributed by atoms with Crippen LogP contribution in [0.15, 0.2) is 42.6 Å². The largest absolute Gasteiger partial charge is 0.318 e. The predicted molar refractivity (Wildman–Crippen MR) is 90.0 cm³/mol. The average Bonchev–Trinajstić information content (AvgIpc) is 3.03. The molecule has 0 aliphatic heterocycles. The molecule has 0 aliphatic carbocycles. The number of likely N-dealkylation sites (N-methyl/N-ethyl adjacent to an activating group) is 1.